The van der Waals surface area contributed by atoms with Gasteiger partial charge in [0.05, 0.1) is 6.10 Å². The van der Waals surface area contributed by atoms with Crippen molar-refractivity contribution in [2.75, 3.05) is 13.1 Å². The molecule has 0 spiro atoms. The summed E-state index contributed by atoms with van der Waals surface area (Å²) in [6, 6.07) is 3.65. The Hall–Kier alpha value is -2.48. The average molecular weight is 374 g/mol. The average Bonchev–Trinajstić information content (AvgIpc) is 3.12. The third-order valence-electron chi connectivity index (χ3n) is 4.22. The van der Waals surface area contributed by atoms with Crippen LogP contribution in [0, 0.1) is 0 Å². The van der Waals surface area contributed by atoms with E-state index in [2.05, 4.69) is 15.1 Å². The number of aromatic nitrogens is 3. The fourth-order valence-electron chi connectivity index (χ4n) is 2.87. The maximum Gasteiger partial charge on any atom is 0.410 e. The van der Waals surface area contributed by atoms with Gasteiger partial charge in [-0.25, -0.2) is 4.79 Å². The van der Waals surface area contributed by atoms with Gasteiger partial charge in [-0.15, -0.1) is 0 Å². The van der Waals surface area contributed by atoms with Crippen LogP contribution in [0.2, 0.25) is 0 Å². The van der Waals surface area contributed by atoms with Crippen LogP contribution >= 0.6 is 0 Å². The molecule has 1 aliphatic heterocycles. The van der Waals surface area contributed by atoms with Crippen molar-refractivity contribution in [2.24, 2.45) is 0 Å². The highest BCUT2D eigenvalue weighted by molar-refractivity contribution is 5.68. The van der Waals surface area contributed by atoms with Crippen LogP contribution in [0.1, 0.15) is 52.5 Å². The minimum atomic E-state index is -0.483. The zero-order valence-corrected chi connectivity index (χ0v) is 16.2. The highest BCUT2D eigenvalue weighted by atomic mass is 16.6. The van der Waals surface area contributed by atoms with Crippen LogP contribution in [0.25, 0.3) is 11.4 Å². The molecule has 0 aromatic carbocycles. The third-order valence-corrected chi connectivity index (χ3v) is 4.22. The van der Waals surface area contributed by atoms with E-state index in [-0.39, 0.29) is 18.3 Å². The largest absolute Gasteiger partial charge is 0.444 e. The van der Waals surface area contributed by atoms with Gasteiger partial charge in [0.2, 0.25) is 5.82 Å². The van der Waals surface area contributed by atoms with Crippen molar-refractivity contribution in [1.82, 2.24) is 20.0 Å². The summed E-state index contributed by atoms with van der Waals surface area (Å²) in [5.74, 6) is 0.957. The van der Waals surface area contributed by atoms with E-state index in [4.69, 9.17) is 14.0 Å². The monoisotopic (exact) mass is 374 g/mol. The Morgan fingerprint density at radius 1 is 1.26 bits per heavy atom. The summed E-state index contributed by atoms with van der Waals surface area (Å²) < 4.78 is 16.8. The SMILES string of the molecule is CC(OC1CCN(C(=O)OC(C)(C)C)CC1)c1nc(-c2ccncc2)no1. The molecule has 0 saturated carbocycles. The standard InChI is InChI=1S/C19H26N4O4/c1-13(17-21-16(22-27-17)14-5-9-20-10-6-14)25-15-7-11-23(12-8-15)18(24)26-19(2,3)4/h5-6,9-10,13,15H,7-8,11-12H2,1-4H3. The molecule has 0 aliphatic carbocycles. The molecule has 1 atom stereocenters. The van der Waals surface area contributed by atoms with Gasteiger partial charge in [0.1, 0.15) is 11.7 Å². The smallest absolute Gasteiger partial charge is 0.410 e. The van der Waals surface area contributed by atoms with Gasteiger partial charge >= 0.3 is 6.09 Å². The van der Waals surface area contributed by atoms with Gasteiger partial charge in [-0.05, 0) is 52.7 Å². The Labute approximate surface area is 158 Å². The molecule has 2 aromatic rings. The van der Waals surface area contributed by atoms with Gasteiger partial charge in [-0.3, -0.25) is 4.98 Å². The topological polar surface area (TPSA) is 90.6 Å². The number of pyridine rings is 1. The molecule has 1 amide bonds. The normalized spacial score (nSPS) is 17.0. The van der Waals surface area contributed by atoms with Crippen LogP contribution in [0.4, 0.5) is 4.79 Å². The Morgan fingerprint density at radius 3 is 2.56 bits per heavy atom. The number of hydrogen-bond acceptors (Lipinski definition) is 7. The maximum absolute atomic E-state index is 12.1. The Balaban J connectivity index is 1.51. The number of likely N-dealkylation sites (tertiary alicyclic amines) is 1. The molecule has 8 heteroatoms. The molecule has 27 heavy (non-hydrogen) atoms. The molecule has 8 nitrogen and oxygen atoms in total. The minimum Gasteiger partial charge on any atom is -0.444 e. The van der Waals surface area contributed by atoms with Crippen molar-refractivity contribution in [3.8, 4) is 11.4 Å². The minimum absolute atomic E-state index is 0.0370. The lowest BCUT2D eigenvalue weighted by molar-refractivity contribution is -0.0509. The molecule has 0 radical (unpaired) electrons. The van der Waals surface area contributed by atoms with E-state index in [1.54, 1.807) is 17.3 Å². The summed E-state index contributed by atoms with van der Waals surface area (Å²) in [5.41, 5.74) is 0.363. The molecule has 2 aromatic heterocycles. The van der Waals surface area contributed by atoms with Crippen LogP contribution in [0.5, 0.6) is 0 Å². The van der Waals surface area contributed by atoms with Crippen LogP contribution in [-0.4, -0.2) is 50.9 Å². The maximum atomic E-state index is 12.1. The number of piperidine rings is 1. The molecule has 1 saturated heterocycles. The molecule has 0 N–H and O–H groups in total. The zero-order chi connectivity index (χ0) is 19.4. The van der Waals surface area contributed by atoms with Crippen molar-refractivity contribution >= 4 is 6.09 Å². The quantitative estimate of drug-likeness (QED) is 0.807. The lowest BCUT2D eigenvalue weighted by atomic mass is 10.1. The summed E-state index contributed by atoms with van der Waals surface area (Å²) in [6.07, 6.45) is 4.31. The number of carbonyl (C=O) groups excluding carboxylic acids is 1. The number of nitrogens with zero attached hydrogens (tertiary/aromatic N) is 4. The summed E-state index contributed by atoms with van der Waals surface area (Å²) in [4.78, 5) is 22.2. The van der Waals surface area contributed by atoms with E-state index < -0.39 is 5.60 Å². The predicted octanol–water partition coefficient (Wildman–Crippen LogP) is 3.61. The van der Waals surface area contributed by atoms with Crippen molar-refractivity contribution in [1.29, 1.82) is 0 Å². The highest BCUT2D eigenvalue weighted by Gasteiger charge is 2.29. The summed E-state index contributed by atoms with van der Waals surface area (Å²) >= 11 is 0. The second kappa shape index (κ2) is 8.04. The second-order valence-electron chi connectivity index (χ2n) is 7.64. The first kappa shape index (κ1) is 19.3. The molecule has 146 valence electrons. The fraction of sp³-hybridized carbons (Fsp3) is 0.579. The fourth-order valence-corrected chi connectivity index (χ4v) is 2.87. The van der Waals surface area contributed by atoms with Crippen LogP contribution in [-0.2, 0) is 9.47 Å². The molecule has 1 aliphatic rings. The predicted molar refractivity (Wildman–Crippen MR) is 97.9 cm³/mol. The number of hydrogen-bond donors (Lipinski definition) is 0. The highest BCUT2D eigenvalue weighted by Crippen LogP contribution is 2.25. The van der Waals surface area contributed by atoms with Gasteiger partial charge in [0.25, 0.3) is 5.89 Å². The van der Waals surface area contributed by atoms with Gasteiger partial charge in [0.15, 0.2) is 0 Å². The number of ether oxygens (including phenoxy) is 2. The van der Waals surface area contributed by atoms with E-state index >= 15 is 0 Å². The van der Waals surface area contributed by atoms with Crippen LogP contribution in [0.15, 0.2) is 29.0 Å². The van der Waals surface area contributed by atoms with Crippen LogP contribution in [0.3, 0.4) is 0 Å². The van der Waals surface area contributed by atoms with E-state index in [0.717, 1.165) is 18.4 Å². The van der Waals surface area contributed by atoms with Gasteiger partial charge in [-0.1, -0.05) is 5.16 Å². The summed E-state index contributed by atoms with van der Waals surface area (Å²) in [5, 5.41) is 4.01. The molecule has 3 heterocycles. The van der Waals surface area contributed by atoms with E-state index in [0.29, 0.717) is 24.8 Å². The van der Waals surface area contributed by atoms with E-state index in [1.165, 1.54) is 0 Å². The van der Waals surface area contributed by atoms with Crippen molar-refractivity contribution in [3.63, 3.8) is 0 Å². The summed E-state index contributed by atoms with van der Waals surface area (Å²) in [7, 11) is 0. The first-order chi connectivity index (χ1) is 12.8. The van der Waals surface area contributed by atoms with E-state index in [9.17, 15) is 4.79 Å². The number of amides is 1. The molecular weight excluding hydrogens is 348 g/mol. The lowest BCUT2D eigenvalue weighted by Gasteiger charge is -2.34. The van der Waals surface area contributed by atoms with Crippen molar-refractivity contribution in [3.05, 3.63) is 30.4 Å². The lowest BCUT2D eigenvalue weighted by Crippen LogP contribution is -2.43. The first-order valence-corrected chi connectivity index (χ1v) is 9.19. The van der Waals surface area contributed by atoms with Crippen molar-refractivity contribution < 1.29 is 18.8 Å². The number of carbonyl (C=O) groups is 1. The first-order valence-electron chi connectivity index (χ1n) is 9.19. The van der Waals surface area contributed by atoms with Crippen LogP contribution < -0.4 is 0 Å². The molecular formula is C19H26N4O4. The Morgan fingerprint density at radius 2 is 1.93 bits per heavy atom. The van der Waals surface area contributed by atoms with Gasteiger partial charge < -0.3 is 18.9 Å². The summed E-state index contributed by atoms with van der Waals surface area (Å²) in [6.45, 7) is 8.72. The Bertz CT molecular complexity index is 749. The second-order valence-corrected chi connectivity index (χ2v) is 7.64. The zero-order valence-electron chi connectivity index (χ0n) is 16.2. The van der Waals surface area contributed by atoms with Crippen molar-refractivity contribution in [2.45, 2.75) is 58.3 Å². The van der Waals surface area contributed by atoms with E-state index in [1.807, 2.05) is 39.8 Å². The molecule has 1 unspecified atom stereocenters. The van der Waals surface area contributed by atoms with Gasteiger partial charge in [0, 0.05) is 31.0 Å². The molecule has 3 rings (SSSR count). The van der Waals surface area contributed by atoms with Gasteiger partial charge in [-0.2, -0.15) is 4.98 Å². The molecule has 1 fully saturated rings. The number of rotatable bonds is 4. The Kier molecular flexibility index (Phi) is 5.74. The molecule has 0 bridgehead atoms. The third kappa shape index (κ3) is 5.26.